The van der Waals surface area contributed by atoms with Gasteiger partial charge in [-0.2, -0.15) is 0 Å². The Balaban J connectivity index is 3.77. The van der Waals surface area contributed by atoms with E-state index in [1.54, 1.807) is 0 Å². The quantitative estimate of drug-likeness (QED) is 0.215. The Morgan fingerprint density at radius 1 is 0.929 bits per heavy atom. The smallest absolute Gasteiger partial charge is 0.420 e. The molecule has 0 radical (unpaired) electrons. The van der Waals surface area contributed by atoms with Gasteiger partial charge in [-0.05, 0) is 47.9 Å². The average molecular weight is 470 g/mol. The highest BCUT2D eigenvalue weighted by Gasteiger charge is 2.41. The molecule has 0 spiro atoms. The first kappa shape index (κ1) is 25.8. The maximum atomic E-state index is 12.6. The van der Waals surface area contributed by atoms with Crippen LogP contribution in [0, 0.1) is 0 Å². The normalized spacial score (nSPS) is 14.0. The van der Waals surface area contributed by atoms with E-state index >= 15 is 0 Å². The molecule has 0 saturated carbocycles. The van der Waals surface area contributed by atoms with Gasteiger partial charge in [0.25, 0.3) is 0 Å². The molecule has 0 aromatic heterocycles. The van der Waals surface area contributed by atoms with Gasteiger partial charge in [0.15, 0.2) is 0 Å². The summed E-state index contributed by atoms with van der Waals surface area (Å²) < 4.78 is 28.1. The lowest BCUT2D eigenvalue weighted by molar-refractivity contribution is 0.322. The van der Waals surface area contributed by atoms with E-state index in [0.717, 1.165) is 27.1 Å². The third-order valence-electron chi connectivity index (χ3n) is 4.28. The molecular weight excluding hydrogens is 442 g/mol. The second kappa shape index (κ2) is 10.7. The van der Waals surface area contributed by atoms with Gasteiger partial charge in [0, 0.05) is 10.6 Å². The van der Waals surface area contributed by atoms with Crippen molar-refractivity contribution in [3.05, 3.63) is 22.3 Å². The van der Waals surface area contributed by atoms with Crippen LogP contribution in [0.15, 0.2) is 4.90 Å². The largest absolute Gasteiger partial charge is 0.427 e. The summed E-state index contributed by atoms with van der Waals surface area (Å²) in [6, 6.07) is 0. The molecular formula is C17H28O7P2S2. The number of hydrogen-bond donors (Lipinski definition) is 4. The predicted octanol–water partition coefficient (Wildman–Crippen LogP) is 4.05. The van der Waals surface area contributed by atoms with Crippen LogP contribution in [-0.4, -0.2) is 36.5 Å². The van der Waals surface area contributed by atoms with Crippen molar-refractivity contribution in [1.82, 2.24) is 0 Å². The number of benzene rings is 1. The van der Waals surface area contributed by atoms with Crippen LogP contribution in [0.4, 0.5) is 0 Å². The minimum Gasteiger partial charge on any atom is -0.420 e. The fourth-order valence-corrected chi connectivity index (χ4v) is 6.44. The molecule has 1 aromatic carbocycles. The zero-order valence-corrected chi connectivity index (χ0v) is 19.9. The van der Waals surface area contributed by atoms with E-state index in [-0.39, 0.29) is 12.4 Å². The molecule has 0 amide bonds. The molecule has 1 atom stereocenters. The topological polar surface area (TPSA) is 124 Å². The van der Waals surface area contributed by atoms with Crippen molar-refractivity contribution < 1.29 is 33.4 Å². The molecule has 4 N–H and O–H groups in total. The molecule has 160 valence electrons. The summed E-state index contributed by atoms with van der Waals surface area (Å²) in [4.78, 5) is 29.7. The molecule has 7 nitrogen and oxygen atoms in total. The number of rotatable bonds is 11. The minimum absolute atomic E-state index is 0.0283. The molecule has 1 unspecified atom stereocenters. The lowest BCUT2D eigenvalue weighted by Gasteiger charge is -2.26. The van der Waals surface area contributed by atoms with Gasteiger partial charge >= 0.3 is 15.2 Å². The maximum absolute atomic E-state index is 12.6. The van der Waals surface area contributed by atoms with Gasteiger partial charge in [-0.1, -0.05) is 39.9 Å². The van der Waals surface area contributed by atoms with E-state index in [1.165, 1.54) is 11.8 Å². The van der Waals surface area contributed by atoms with Gasteiger partial charge < -0.3 is 24.3 Å². The van der Waals surface area contributed by atoms with Crippen molar-refractivity contribution in [3.63, 3.8) is 0 Å². The summed E-state index contributed by atoms with van der Waals surface area (Å²) in [7, 11) is -9.95. The second-order valence-corrected chi connectivity index (χ2v) is 11.7. The van der Waals surface area contributed by atoms with E-state index in [0.29, 0.717) is 31.4 Å². The lowest BCUT2D eigenvalue weighted by atomic mass is 9.91. The number of thioether (sulfide) groups is 1. The summed E-state index contributed by atoms with van der Waals surface area (Å²) in [5, 5.41) is 9.25. The second-order valence-electron chi connectivity index (χ2n) is 6.00. The molecule has 0 heterocycles. The van der Waals surface area contributed by atoms with Gasteiger partial charge in [-0.3, -0.25) is 4.57 Å². The van der Waals surface area contributed by atoms with Crippen LogP contribution in [0.5, 0.6) is 5.75 Å². The lowest BCUT2D eigenvalue weighted by Crippen LogP contribution is -2.11. The molecule has 0 saturated heterocycles. The first-order valence-corrected chi connectivity index (χ1v) is 13.6. The van der Waals surface area contributed by atoms with Gasteiger partial charge in [-0.15, -0.1) is 11.8 Å². The fourth-order valence-electron chi connectivity index (χ4n) is 3.17. The van der Waals surface area contributed by atoms with Gasteiger partial charge in [0.05, 0.1) is 6.61 Å². The van der Waals surface area contributed by atoms with Crippen LogP contribution < -0.4 is 4.52 Å². The SMILES string of the molecule is CCc1c(CC)c(SCCO)c(CC)c(CC)c1OP(=O)(O)C(=S)P(=O)(O)O. The Morgan fingerprint density at radius 3 is 1.68 bits per heavy atom. The Bertz CT molecular complexity index is 787. The van der Waals surface area contributed by atoms with Crippen molar-refractivity contribution in [2.75, 3.05) is 12.4 Å². The van der Waals surface area contributed by atoms with Crippen LogP contribution in [0.25, 0.3) is 0 Å². The molecule has 0 bridgehead atoms. The van der Waals surface area contributed by atoms with Crippen molar-refractivity contribution in [1.29, 1.82) is 0 Å². The Labute approximate surface area is 175 Å². The first-order valence-electron chi connectivity index (χ1n) is 9.05. The Hall–Kier alpha value is -0.240. The number of aliphatic hydroxyl groups excluding tert-OH is 1. The molecule has 1 rings (SSSR count). The van der Waals surface area contributed by atoms with Crippen molar-refractivity contribution in [2.45, 2.75) is 58.3 Å². The van der Waals surface area contributed by atoms with E-state index in [2.05, 4.69) is 12.2 Å². The fraction of sp³-hybridized carbons (Fsp3) is 0.588. The van der Waals surface area contributed by atoms with Gasteiger partial charge in [0.1, 0.15) is 5.75 Å². The zero-order valence-electron chi connectivity index (χ0n) is 16.5. The first-order chi connectivity index (χ1) is 13.0. The van der Waals surface area contributed by atoms with E-state index in [9.17, 15) is 28.9 Å². The van der Waals surface area contributed by atoms with Crippen molar-refractivity contribution >= 4 is 43.5 Å². The maximum Gasteiger partial charge on any atom is 0.427 e. The van der Waals surface area contributed by atoms with E-state index in [4.69, 9.17) is 4.52 Å². The van der Waals surface area contributed by atoms with Crippen LogP contribution in [-0.2, 0) is 34.8 Å². The average Bonchev–Trinajstić information content (AvgIpc) is 2.63. The third-order valence-corrected chi connectivity index (χ3v) is 9.81. The standard InChI is InChI=1S/C17H28O7P2S2/c1-5-11-13(7-3)16(28-10-9-18)14(8-4)12(6-2)15(11)24-26(22,23)17(27)25(19,20)21/h18H,5-10H2,1-4H3,(H,22,23)(H2,19,20,21). The van der Waals surface area contributed by atoms with Crippen LogP contribution in [0.2, 0.25) is 0 Å². The highest BCUT2D eigenvalue weighted by molar-refractivity contribution is 8.16. The van der Waals surface area contributed by atoms with E-state index in [1.807, 2.05) is 27.7 Å². The number of thiocarbonyl (C=S) groups is 1. The molecule has 0 aliphatic heterocycles. The molecule has 1 aromatic rings. The Kier molecular flexibility index (Phi) is 9.85. The molecule has 0 fully saturated rings. The van der Waals surface area contributed by atoms with Gasteiger partial charge in [0.2, 0.25) is 4.35 Å². The van der Waals surface area contributed by atoms with Crippen LogP contribution in [0.3, 0.4) is 0 Å². The number of aliphatic hydroxyl groups is 1. The highest BCUT2D eigenvalue weighted by Crippen LogP contribution is 2.59. The molecule has 0 aliphatic carbocycles. The monoisotopic (exact) mass is 470 g/mol. The summed E-state index contributed by atoms with van der Waals surface area (Å²) in [6.45, 7) is 7.73. The molecule has 28 heavy (non-hydrogen) atoms. The predicted molar refractivity (Wildman–Crippen MR) is 117 cm³/mol. The molecule has 0 aliphatic rings. The van der Waals surface area contributed by atoms with Gasteiger partial charge in [-0.25, -0.2) is 4.57 Å². The van der Waals surface area contributed by atoms with Crippen molar-refractivity contribution in [2.24, 2.45) is 0 Å². The Morgan fingerprint density at radius 2 is 1.36 bits per heavy atom. The number of hydrogen-bond acceptors (Lipinski definition) is 6. The summed E-state index contributed by atoms with van der Waals surface area (Å²) >= 11 is 6.09. The summed E-state index contributed by atoms with van der Waals surface area (Å²) in [5.74, 6) is 0.710. The summed E-state index contributed by atoms with van der Waals surface area (Å²) in [6.07, 6.45) is 2.29. The van der Waals surface area contributed by atoms with E-state index < -0.39 is 19.5 Å². The summed E-state index contributed by atoms with van der Waals surface area (Å²) in [5.41, 5.74) is 3.35. The van der Waals surface area contributed by atoms with Crippen LogP contribution in [0.1, 0.15) is 49.9 Å². The minimum atomic E-state index is -5.06. The van der Waals surface area contributed by atoms with Crippen molar-refractivity contribution in [3.8, 4) is 5.75 Å². The molecule has 11 heteroatoms. The highest BCUT2D eigenvalue weighted by atomic mass is 32.2. The van der Waals surface area contributed by atoms with Crippen LogP contribution >= 0.6 is 39.2 Å². The third kappa shape index (κ3) is 5.67. The zero-order chi connectivity index (χ0) is 21.7.